The Labute approximate surface area is 137 Å². The Morgan fingerprint density at radius 2 is 1.42 bits per heavy atom. The average Bonchev–Trinajstić information content (AvgIpc) is 3.00. The van der Waals surface area contributed by atoms with Crippen molar-refractivity contribution in [1.82, 2.24) is 0 Å². The van der Waals surface area contributed by atoms with Gasteiger partial charge in [-0.05, 0) is 17.7 Å². The van der Waals surface area contributed by atoms with Gasteiger partial charge in [-0.3, -0.25) is 14.4 Å². The molecule has 0 bridgehead atoms. The Balaban J connectivity index is 2.09. The second-order valence-corrected chi connectivity index (χ2v) is 5.00. The molecule has 1 amide bonds. The zero-order chi connectivity index (χ0) is 16.9. The number of rotatable bonds is 5. The quantitative estimate of drug-likeness (QED) is 0.725. The van der Waals surface area contributed by atoms with Gasteiger partial charge in [-0.2, -0.15) is 0 Å². The number of amides is 1. The number of nitrogens with one attached hydrogen (secondary N) is 1. The molecule has 0 unspecified atom stereocenters. The molecule has 0 radical (unpaired) electrons. The fraction of sp³-hybridized carbons (Fsp3) is 0. The number of furan rings is 1. The van der Waals surface area contributed by atoms with Gasteiger partial charge in [0.1, 0.15) is 0 Å². The second-order valence-electron chi connectivity index (χ2n) is 5.00. The number of anilines is 1. The van der Waals surface area contributed by atoms with Crippen LogP contribution in [0.5, 0.6) is 0 Å². The van der Waals surface area contributed by atoms with Crippen LogP contribution in [0.4, 0.5) is 5.69 Å². The lowest BCUT2D eigenvalue weighted by Crippen LogP contribution is -2.13. The van der Waals surface area contributed by atoms with Gasteiger partial charge < -0.3 is 9.73 Å². The predicted molar refractivity (Wildman–Crippen MR) is 89.3 cm³/mol. The number of hydrogen-bond donors (Lipinski definition) is 1. The monoisotopic (exact) mass is 319 g/mol. The van der Waals surface area contributed by atoms with Gasteiger partial charge in [0.2, 0.25) is 0 Å². The van der Waals surface area contributed by atoms with Crippen molar-refractivity contribution in [3.05, 3.63) is 77.7 Å². The third-order valence-corrected chi connectivity index (χ3v) is 3.51. The first-order valence-corrected chi connectivity index (χ1v) is 7.23. The highest BCUT2D eigenvalue weighted by atomic mass is 16.4. The molecule has 3 aromatic rings. The molecule has 2 aromatic carbocycles. The van der Waals surface area contributed by atoms with Gasteiger partial charge in [0.15, 0.2) is 24.1 Å². The lowest BCUT2D eigenvalue weighted by atomic mass is 10.0. The Hall–Kier alpha value is -3.47. The Morgan fingerprint density at radius 3 is 2.00 bits per heavy atom. The lowest BCUT2D eigenvalue weighted by molar-refractivity contribution is 0.102. The summed E-state index contributed by atoms with van der Waals surface area (Å²) in [5.74, 6) is -0.499. The van der Waals surface area contributed by atoms with E-state index in [0.717, 1.165) is 0 Å². The largest absolute Gasteiger partial charge is 0.448 e. The van der Waals surface area contributed by atoms with E-state index < -0.39 is 5.91 Å². The molecular formula is C19H13NO4. The highest BCUT2D eigenvalue weighted by Gasteiger charge is 2.23. The molecule has 0 aliphatic carbocycles. The van der Waals surface area contributed by atoms with E-state index in [1.807, 2.05) is 6.07 Å². The molecule has 1 N–H and O–H groups in total. The van der Waals surface area contributed by atoms with E-state index >= 15 is 0 Å². The van der Waals surface area contributed by atoms with Crippen LogP contribution in [0.3, 0.4) is 0 Å². The van der Waals surface area contributed by atoms with Crippen LogP contribution in [0, 0.1) is 0 Å². The summed E-state index contributed by atoms with van der Waals surface area (Å²) in [6.07, 6.45) is 0.994. The molecule has 0 atom stereocenters. The summed E-state index contributed by atoms with van der Waals surface area (Å²) >= 11 is 0. The standard InChI is InChI=1S/C19H13NO4/c21-11-15-17(13-7-3-1-4-8-13)18(16(12-22)24-15)20-19(23)14-9-5-2-6-10-14/h1-12H,(H,20,23). The molecule has 0 fully saturated rings. The summed E-state index contributed by atoms with van der Waals surface area (Å²) in [7, 11) is 0. The van der Waals surface area contributed by atoms with E-state index in [2.05, 4.69) is 5.32 Å². The van der Waals surface area contributed by atoms with Gasteiger partial charge in [0, 0.05) is 5.56 Å². The second kappa shape index (κ2) is 6.75. The fourth-order valence-corrected chi connectivity index (χ4v) is 2.42. The van der Waals surface area contributed by atoms with Crippen molar-refractivity contribution in [2.24, 2.45) is 0 Å². The van der Waals surface area contributed by atoms with Crippen LogP contribution in [0.1, 0.15) is 31.5 Å². The fourth-order valence-electron chi connectivity index (χ4n) is 2.42. The number of carbonyl (C=O) groups is 3. The molecule has 5 nitrogen and oxygen atoms in total. The van der Waals surface area contributed by atoms with Crippen LogP contribution >= 0.6 is 0 Å². The third kappa shape index (κ3) is 2.87. The van der Waals surface area contributed by atoms with Crippen molar-refractivity contribution in [3.8, 4) is 11.1 Å². The van der Waals surface area contributed by atoms with Gasteiger partial charge in [-0.25, -0.2) is 0 Å². The van der Waals surface area contributed by atoms with E-state index in [1.54, 1.807) is 54.6 Å². The number of aldehydes is 2. The maximum absolute atomic E-state index is 12.4. The van der Waals surface area contributed by atoms with Crippen LogP contribution in [-0.4, -0.2) is 18.5 Å². The first kappa shape index (κ1) is 15.4. The Kier molecular flexibility index (Phi) is 4.34. The Bertz CT molecular complexity index is 882. The van der Waals surface area contributed by atoms with Crippen molar-refractivity contribution >= 4 is 24.2 Å². The van der Waals surface area contributed by atoms with Crippen LogP contribution < -0.4 is 5.32 Å². The number of carbonyl (C=O) groups excluding carboxylic acids is 3. The minimum atomic E-state index is -0.394. The summed E-state index contributed by atoms with van der Waals surface area (Å²) in [6.45, 7) is 0. The molecule has 3 rings (SSSR count). The van der Waals surface area contributed by atoms with Crippen molar-refractivity contribution < 1.29 is 18.8 Å². The van der Waals surface area contributed by atoms with Gasteiger partial charge in [0.05, 0.1) is 11.3 Å². The number of hydrogen-bond acceptors (Lipinski definition) is 4. The molecule has 0 aliphatic rings. The van der Waals surface area contributed by atoms with Gasteiger partial charge in [0.25, 0.3) is 5.91 Å². The minimum absolute atomic E-state index is 0.00772. The maximum atomic E-state index is 12.4. The van der Waals surface area contributed by atoms with Gasteiger partial charge in [-0.1, -0.05) is 48.5 Å². The summed E-state index contributed by atoms with van der Waals surface area (Å²) in [5, 5.41) is 2.68. The molecule has 118 valence electrons. The predicted octanol–water partition coefficient (Wildman–Crippen LogP) is 3.82. The normalized spacial score (nSPS) is 10.2. The van der Waals surface area contributed by atoms with Crippen molar-refractivity contribution in [2.45, 2.75) is 0 Å². The summed E-state index contributed by atoms with van der Waals surface area (Å²) in [5.41, 5.74) is 1.67. The zero-order valence-electron chi connectivity index (χ0n) is 12.6. The van der Waals surface area contributed by atoms with Gasteiger partial charge in [-0.15, -0.1) is 0 Å². The zero-order valence-corrected chi connectivity index (χ0v) is 12.6. The van der Waals surface area contributed by atoms with Crippen LogP contribution in [0.15, 0.2) is 65.1 Å². The van der Waals surface area contributed by atoms with E-state index in [4.69, 9.17) is 4.42 Å². The number of benzene rings is 2. The van der Waals surface area contributed by atoms with Crippen LogP contribution in [0.25, 0.3) is 11.1 Å². The summed E-state index contributed by atoms with van der Waals surface area (Å²) in [6, 6.07) is 17.5. The third-order valence-electron chi connectivity index (χ3n) is 3.51. The average molecular weight is 319 g/mol. The van der Waals surface area contributed by atoms with E-state index in [0.29, 0.717) is 29.3 Å². The van der Waals surface area contributed by atoms with E-state index in [-0.39, 0.29) is 17.2 Å². The van der Waals surface area contributed by atoms with Crippen molar-refractivity contribution in [1.29, 1.82) is 0 Å². The SMILES string of the molecule is O=Cc1oc(C=O)c(-c2ccccc2)c1NC(=O)c1ccccc1. The first-order valence-electron chi connectivity index (χ1n) is 7.23. The molecular weight excluding hydrogens is 306 g/mol. The summed E-state index contributed by atoms with van der Waals surface area (Å²) < 4.78 is 5.28. The highest BCUT2D eigenvalue weighted by Crippen LogP contribution is 2.36. The molecule has 1 aromatic heterocycles. The first-order chi connectivity index (χ1) is 11.7. The molecule has 24 heavy (non-hydrogen) atoms. The molecule has 0 spiro atoms. The van der Waals surface area contributed by atoms with Crippen LogP contribution in [-0.2, 0) is 0 Å². The van der Waals surface area contributed by atoms with E-state index in [9.17, 15) is 14.4 Å². The lowest BCUT2D eigenvalue weighted by Gasteiger charge is -2.07. The van der Waals surface area contributed by atoms with Crippen molar-refractivity contribution in [3.63, 3.8) is 0 Å². The van der Waals surface area contributed by atoms with E-state index in [1.165, 1.54) is 0 Å². The topological polar surface area (TPSA) is 76.4 Å². The molecule has 0 aliphatic heterocycles. The summed E-state index contributed by atoms with van der Waals surface area (Å²) in [4.78, 5) is 35.0. The Morgan fingerprint density at radius 1 is 0.833 bits per heavy atom. The van der Waals surface area contributed by atoms with Crippen molar-refractivity contribution in [2.75, 3.05) is 5.32 Å². The van der Waals surface area contributed by atoms with Gasteiger partial charge >= 0.3 is 0 Å². The molecule has 1 heterocycles. The molecule has 0 saturated heterocycles. The highest BCUT2D eigenvalue weighted by molar-refractivity contribution is 6.10. The smallest absolute Gasteiger partial charge is 0.255 e. The molecule has 5 heteroatoms. The maximum Gasteiger partial charge on any atom is 0.255 e. The van der Waals surface area contributed by atoms with Crippen LogP contribution in [0.2, 0.25) is 0 Å². The molecule has 0 saturated carbocycles. The minimum Gasteiger partial charge on any atom is -0.448 e.